The molecule has 0 saturated heterocycles. The van der Waals surface area contributed by atoms with Gasteiger partial charge in [-0.15, -0.1) is 0 Å². The zero-order chi connectivity index (χ0) is 18.4. The van der Waals surface area contributed by atoms with Gasteiger partial charge in [0.1, 0.15) is 5.78 Å². The average Bonchev–Trinajstić information content (AvgIpc) is 3.00. The third kappa shape index (κ3) is 2.95. The van der Waals surface area contributed by atoms with E-state index in [1.807, 2.05) is 18.2 Å². The Kier molecular flexibility index (Phi) is 4.17. The first-order valence-corrected chi connectivity index (χ1v) is 9.16. The van der Waals surface area contributed by atoms with Gasteiger partial charge in [0.2, 0.25) is 0 Å². The lowest BCUT2D eigenvalue weighted by molar-refractivity contribution is -0.137. The molecule has 2 aliphatic carbocycles. The van der Waals surface area contributed by atoms with Crippen LogP contribution < -0.4 is 0 Å². The van der Waals surface area contributed by atoms with E-state index < -0.39 is 11.7 Å². The predicted octanol–water partition coefficient (Wildman–Crippen LogP) is 5.79. The quantitative estimate of drug-likeness (QED) is 0.676. The molecule has 1 nitrogen and oxygen atoms in total. The third-order valence-corrected chi connectivity index (χ3v) is 6.16. The summed E-state index contributed by atoms with van der Waals surface area (Å²) in [4.78, 5) is 13.0. The molecule has 2 aromatic rings. The number of benzene rings is 2. The van der Waals surface area contributed by atoms with Crippen LogP contribution in [0.3, 0.4) is 0 Å². The molecular formula is C22H21F3O. The Morgan fingerprint density at radius 1 is 0.962 bits per heavy atom. The SMILES string of the molecule is O=C(Cc1ccc(C(F)(F)F)cc1)[C@@H]1[C@@H](c2ccccc2)C12CCCC2. The predicted molar refractivity (Wildman–Crippen MR) is 93.7 cm³/mol. The van der Waals surface area contributed by atoms with E-state index in [4.69, 9.17) is 0 Å². The standard InChI is InChI=1S/C22H21F3O/c23-22(24,25)17-10-8-15(9-11-17)14-18(26)20-19(16-6-2-1-3-7-16)21(20)12-4-5-13-21/h1-3,6-11,19-20H,4-5,12-14H2/t19-,20-/m1/s1. The molecule has 4 rings (SSSR count). The van der Waals surface area contributed by atoms with Crippen molar-refractivity contribution in [3.8, 4) is 0 Å². The van der Waals surface area contributed by atoms with E-state index in [-0.39, 0.29) is 29.5 Å². The average molecular weight is 358 g/mol. The summed E-state index contributed by atoms with van der Waals surface area (Å²) in [6, 6.07) is 15.2. The Balaban J connectivity index is 1.52. The molecule has 0 bridgehead atoms. The van der Waals surface area contributed by atoms with Crippen LogP contribution in [0.5, 0.6) is 0 Å². The Labute approximate surface area is 151 Å². The number of carbonyl (C=O) groups is 1. The molecule has 2 saturated carbocycles. The van der Waals surface area contributed by atoms with Crippen molar-refractivity contribution >= 4 is 5.78 Å². The summed E-state index contributed by atoms with van der Waals surface area (Å²) in [6.07, 6.45) is 0.353. The van der Waals surface area contributed by atoms with Gasteiger partial charge in [0.05, 0.1) is 5.56 Å². The molecule has 1 spiro atoms. The monoisotopic (exact) mass is 358 g/mol. The maximum Gasteiger partial charge on any atom is 0.416 e. The first-order valence-electron chi connectivity index (χ1n) is 9.16. The fourth-order valence-electron chi connectivity index (χ4n) is 4.96. The lowest BCUT2D eigenvalue weighted by Gasteiger charge is -2.09. The Hall–Kier alpha value is -2.10. The van der Waals surface area contributed by atoms with Crippen LogP contribution in [0.25, 0.3) is 0 Å². The second-order valence-electron chi connectivity index (χ2n) is 7.64. The van der Waals surface area contributed by atoms with Gasteiger partial charge < -0.3 is 0 Å². The maximum atomic E-state index is 13.0. The van der Waals surface area contributed by atoms with Crippen LogP contribution >= 0.6 is 0 Å². The molecule has 0 aromatic heterocycles. The topological polar surface area (TPSA) is 17.1 Å². The van der Waals surface area contributed by atoms with Crippen LogP contribution in [-0.4, -0.2) is 5.78 Å². The second-order valence-corrected chi connectivity index (χ2v) is 7.64. The Morgan fingerprint density at radius 2 is 1.58 bits per heavy atom. The van der Waals surface area contributed by atoms with Crippen molar-refractivity contribution in [1.29, 1.82) is 0 Å². The normalized spacial score (nSPS) is 24.0. The van der Waals surface area contributed by atoms with Gasteiger partial charge in [0.15, 0.2) is 0 Å². The van der Waals surface area contributed by atoms with Crippen LogP contribution in [0.15, 0.2) is 54.6 Å². The van der Waals surface area contributed by atoms with Gasteiger partial charge in [-0.2, -0.15) is 13.2 Å². The number of Topliss-reactive ketones (excluding diaryl/α,β-unsaturated/α-hetero) is 1. The molecular weight excluding hydrogens is 337 g/mol. The van der Waals surface area contributed by atoms with E-state index in [1.165, 1.54) is 17.7 Å². The van der Waals surface area contributed by atoms with Crippen LogP contribution in [0, 0.1) is 11.3 Å². The summed E-state index contributed by atoms with van der Waals surface area (Å²) in [5.74, 6) is 0.448. The molecule has 0 heterocycles. The maximum absolute atomic E-state index is 13.0. The van der Waals surface area contributed by atoms with Crippen molar-refractivity contribution in [1.82, 2.24) is 0 Å². The number of ketones is 1. The zero-order valence-corrected chi connectivity index (χ0v) is 14.4. The summed E-state index contributed by atoms with van der Waals surface area (Å²) in [6.45, 7) is 0. The van der Waals surface area contributed by atoms with Gasteiger partial charge in [0.25, 0.3) is 0 Å². The van der Waals surface area contributed by atoms with Crippen molar-refractivity contribution in [2.45, 2.75) is 44.2 Å². The van der Waals surface area contributed by atoms with Crippen LogP contribution in [0.1, 0.15) is 48.3 Å². The Bertz CT molecular complexity index is 786. The molecule has 0 N–H and O–H groups in total. The molecule has 0 unspecified atom stereocenters. The van der Waals surface area contributed by atoms with Gasteiger partial charge in [-0.3, -0.25) is 4.79 Å². The first-order chi connectivity index (χ1) is 12.4. The fourth-order valence-corrected chi connectivity index (χ4v) is 4.96. The number of hydrogen-bond donors (Lipinski definition) is 0. The Morgan fingerprint density at radius 3 is 2.15 bits per heavy atom. The second kappa shape index (κ2) is 6.26. The van der Waals surface area contributed by atoms with Crippen molar-refractivity contribution in [3.63, 3.8) is 0 Å². The highest BCUT2D eigenvalue weighted by Gasteiger charge is 2.67. The van der Waals surface area contributed by atoms with Crippen molar-refractivity contribution < 1.29 is 18.0 Å². The summed E-state index contributed by atoms with van der Waals surface area (Å²) in [5, 5.41) is 0. The molecule has 2 aliphatic rings. The highest BCUT2D eigenvalue weighted by atomic mass is 19.4. The van der Waals surface area contributed by atoms with Crippen molar-refractivity contribution in [2.24, 2.45) is 11.3 Å². The van der Waals surface area contributed by atoms with Crippen LogP contribution in [-0.2, 0) is 17.4 Å². The highest BCUT2D eigenvalue weighted by Crippen LogP contribution is 2.72. The van der Waals surface area contributed by atoms with E-state index >= 15 is 0 Å². The summed E-state index contributed by atoms with van der Waals surface area (Å²) in [5.41, 5.74) is 1.30. The van der Waals surface area contributed by atoms with Crippen LogP contribution in [0.2, 0.25) is 0 Å². The van der Waals surface area contributed by atoms with Gasteiger partial charge in [-0.1, -0.05) is 55.3 Å². The summed E-state index contributed by atoms with van der Waals surface area (Å²) >= 11 is 0. The minimum absolute atomic E-state index is 0.00897. The molecule has 136 valence electrons. The number of carbonyl (C=O) groups excluding carboxylic acids is 1. The third-order valence-electron chi connectivity index (χ3n) is 6.16. The van der Waals surface area contributed by atoms with Crippen molar-refractivity contribution in [2.75, 3.05) is 0 Å². The van der Waals surface area contributed by atoms with Gasteiger partial charge >= 0.3 is 6.18 Å². The summed E-state index contributed by atoms with van der Waals surface area (Å²) < 4.78 is 38.1. The number of halogens is 3. The number of hydrogen-bond acceptors (Lipinski definition) is 1. The minimum Gasteiger partial charge on any atom is -0.299 e. The van der Waals surface area contributed by atoms with E-state index in [1.54, 1.807) is 0 Å². The van der Waals surface area contributed by atoms with Crippen LogP contribution in [0.4, 0.5) is 13.2 Å². The molecule has 0 amide bonds. The minimum atomic E-state index is -4.34. The molecule has 4 heteroatoms. The van der Waals surface area contributed by atoms with E-state index in [2.05, 4.69) is 12.1 Å². The number of alkyl halides is 3. The molecule has 2 atom stereocenters. The number of rotatable bonds is 4. The lowest BCUT2D eigenvalue weighted by atomic mass is 9.95. The summed E-state index contributed by atoms with van der Waals surface area (Å²) in [7, 11) is 0. The molecule has 26 heavy (non-hydrogen) atoms. The van der Waals surface area contributed by atoms with E-state index in [0.29, 0.717) is 5.56 Å². The first kappa shape index (κ1) is 17.3. The van der Waals surface area contributed by atoms with E-state index in [9.17, 15) is 18.0 Å². The molecule has 0 radical (unpaired) electrons. The smallest absolute Gasteiger partial charge is 0.299 e. The molecule has 2 fully saturated rings. The van der Waals surface area contributed by atoms with E-state index in [0.717, 1.165) is 37.8 Å². The molecule has 2 aromatic carbocycles. The largest absolute Gasteiger partial charge is 0.416 e. The van der Waals surface area contributed by atoms with Gasteiger partial charge in [0, 0.05) is 18.3 Å². The fraction of sp³-hybridized carbons (Fsp3) is 0.409. The zero-order valence-electron chi connectivity index (χ0n) is 14.4. The molecule has 0 aliphatic heterocycles. The highest BCUT2D eigenvalue weighted by molar-refractivity contribution is 5.88. The van der Waals surface area contributed by atoms with Crippen molar-refractivity contribution in [3.05, 3.63) is 71.3 Å². The lowest BCUT2D eigenvalue weighted by Crippen LogP contribution is -2.11. The van der Waals surface area contributed by atoms with Gasteiger partial charge in [-0.05, 0) is 41.5 Å². The van der Waals surface area contributed by atoms with Gasteiger partial charge in [-0.25, -0.2) is 0 Å².